The average Bonchev–Trinajstić information content (AvgIpc) is 2.67. The minimum Gasteiger partial charge on any atom is -0.465 e. The Labute approximate surface area is 148 Å². The third-order valence-corrected chi connectivity index (χ3v) is 3.83. The van der Waals surface area contributed by atoms with E-state index in [9.17, 15) is 9.59 Å². The minimum absolute atomic E-state index is 0.116. The molecule has 0 aliphatic rings. The van der Waals surface area contributed by atoms with Gasteiger partial charge in [0.2, 0.25) is 0 Å². The number of hydrogen-bond donors (Lipinski definition) is 3. The first-order chi connectivity index (χ1) is 12.5. The molecule has 0 fully saturated rings. The number of carbonyl (C=O) groups is 2. The Balaban J connectivity index is 2.01. The molecule has 0 radical (unpaired) electrons. The largest absolute Gasteiger partial charge is 0.465 e. The summed E-state index contributed by atoms with van der Waals surface area (Å²) in [6.07, 6.45) is 0. The molecule has 3 rings (SSSR count). The lowest BCUT2D eigenvalue weighted by atomic mass is 10.2. The van der Waals surface area contributed by atoms with Crippen LogP contribution in [0.5, 0.6) is 0 Å². The number of nitrogens with one attached hydrogen (secondary N) is 2. The van der Waals surface area contributed by atoms with Gasteiger partial charge in [-0.25, -0.2) is 19.1 Å². The van der Waals surface area contributed by atoms with Crippen LogP contribution in [0.3, 0.4) is 0 Å². The third kappa shape index (κ3) is 3.25. The lowest BCUT2D eigenvalue weighted by Gasteiger charge is -2.13. The fourth-order valence-corrected chi connectivity index (χ4v) is 2.53. The Morgan fingerprint density at radius 2 is 1.96 bits per heavy atom. The predicted octanol–water partition coefficient (Wildman–Crippen LogP) is 1.64. The molecule has 0 aliphatic carbocycles. The van der Waals surface area contributed by atoms with Crippen molar-refractivity contribution in [3.63, 3.8) is 0 Å². The molecule has 26 heavy (non-hydrogen) atoms. The van der Waals surface area contributed by atoms with Crippen molar-refractivity contribution in [1.29, 1.82) is 5.41 Å². The van der Waals surface area contributed by atoms with E-state index in [1.807, 2.05) is 30.3 Å². The van der Waals surface area contributed by atoms with Crippen molar-refractivity contribution in [3.8, 4) is 0 Å². The van der Waals surface area contributed by atoms with Crippen LogP contribution >= 0.6 is 0 Å². The van der Waals surface area contributed by atoms with Gasteiger partial charge in [-0.15, -0.1) is 0 Å². The Hall–Kier alpha value is -3.68. The van der Waals surface area contributed by atoms with Crippen LogP contribution in [-0.2, 0) is 11.3 Å². The predicted molar refractivity (Wildman–Crippen MR) is 95.4 cm³/mol. The molecule has 8 nitrogen and oxygen atoms in total. The topological polar surface area (TPSA) is 123 Å². The zero-order valence-corrected chi connectivity index (χ0v) is 14.0. The van der Waals surface area contributed by atoms with Crippen molar-refractivity contribution in [2.45, 2.75) is 6.54 Å². The van der Waals surface area contributed by atoms with E-state index >= 15 is 0 Å². The van der Waals surface area contributed by atoms with Gasteiger partial charge in [0.25, 0.3) is 0 Å². The fourth-order valence-electron chi connectivity index (χ4n) is 2.53. The molecule has 0 unspecified atom stereocenters. The van der Waals surface area contributed by atoms with Crippen LogP contribution in [-0.4, -0.2) is 28.7 Å². The van der Waals surface area contributed by atoms with Crippen LogP contribution in [0.15, 0.2) is 48.5 Å². The first kappa shape index (κ1) is 17.2. The molecular formula is C18H17N5O3. The molecule has 0 spiro atoms. The highest BCUT2D eigenvalue weighted by atomic mass is 16.5. The first-order valence-corrected chi connectivity index (χ1v) is 7.78. The highest BCUT2D eigenvalue weighted by Crippen LogP contribution is 2.15. The van der Waals surface area contributed by atoms with E-state index < -0.39 is 12.0 Å². The van der Waals surface area contributed by atoms with Crippen molar-refractivity contribution in [1.82, 2.24) is 14.9 Å². The van der Waals surface area contributed by atoms with Crippen molar-refractivity contribution in [2.75, 3.05) is 12.8 Å². The van der Waals surface area contributed by atoms with Crippen LogP contribution in [0.2, 0.25) is 0 Å². The minimum atomic E-state index is -0.526. The smallest absolute Gasteiger partial charge is 0.337 e. The molecule has 2 aromatic carbocycles. The molecule has 4 N–H and O–H groups in total. The number of nitrogens with two attached hydrogens (primary N) is 1. The molecular weight excluding hydrogens is 334 g/mol. The van der Waals surface area contributed by atoms with Gasteiger partial charge in [-0.2, -0.15) is 0 Å². The summed E-state index contributed by atoms with van der Waals surface area (Å²) in [7, 11) is 1.28. The summed E-state index contributed by atoms with van der Waals surface area (Å²) in [5.74, 6) is -0.642. The van der Waals surface area contributed by atoms with Crippen molar-refractivity contribution < 1.29 is 14.3 Å². The van der Waals surface area contributed by atoms with Crippen LogP contribution in [0.1, 0.15) is 15.9 Å². The third-order valence-electron chi connectivity index (χ3n) is 3.83. The SMILES string of the molecule is COC(=O)c1ccc2c(c1)nc(N)c(=N)n2C(=O)NCc1ccccc1. The Morgan fingerprint density at radius 1 is 1.23 bits per heavy atom. The van der Waals surface area contributed by atoms with Gasteiger partial charge in [0, 0.05) is 6.54 Å². The number of anilines is 1. The average molecular weight is 351 g/mol. The second-order valence-corrected chi connectivity index (χ2v) is 5.52. The number of nitrogen functional groups attached to an aromatic ring is 1. The Morgan fingerprint density at radius 3 is 2.65 bits per heavy atom. The van der Waals surface area contributed by atoms with Crippen LogP contribution in [0, 0.1) is 5.41 Å². The van der Waals surface area contributed by atoms with Crippen LogP contribution in [0.25, 0.3) is 11.0 Å². The molecule has 0 aliphatic heterocycles. The fraction of sp³-hybridized carbons (Fsp3) is 0.111. The number of methoxy groups -OCH3 is 1. The summed E-state index contributed by atoms with van der Waals surface area (Å²) in [5.41, 5.74) is 7.43. The standard InChI is InChI=1S/C18H17N5O3/c1-26-17(24)12-7-8-14-13(9-12)22-15(19)16(20)23(14)18(25)21-10-11-5-3-2-4-6-11/h2-9,20H,10H2,1H3,(H2,19,22)(H,21,25). The first-order valence-electron chi connectivity index (χ1n) is 7.78. The van der Waals surface area contributed by atoms with E-state index in [-0.39, 0.29) is 16.9 Å². The lowest BCUT2D eigenvalue weighted by molar-refractivity contribution is 0.0601. The lowest BCUT2D eigenvalue weighted by Crippen LogP contribution is -2.37. The van der Waals surface area contributed by atoms with E-state index in [0.29, 0.717) is 17.6 Å². The second kappa shape index (κ2) is 7.06. The zero-order valence-electron chi connectivity index (χ0n) is 14.0. The molecule has 0 saturated carbocycles. The maximum atomic E-state index is 12.6. The number of nitrogens with zero attached hydrogens (tertiary/aromatic N) is 2. The van der Waals surface area contributed by atoms with Gasteiger partial charge >= 0.3 is 12.0 Å². The van der Waals surface area contributed by atoms with Gasteiger partial charge in [-0.3, -0.25) is 5.41 Å². The number of hydrogen-bond acceptors (Lipinski definition) is 6. The highest BCUT2D eigenvalue weighted by Gasteiger charge is 2.15. The number of carbonyl (C=O) groups excluding carboxylic acids is 2. The number of rotatable bonds is 3. The van der Waals surface area contributed by atoms with Gasteiger partial charge in [0.1, 0.15) is 0 Å². The summed E-state index contributed by atoms with van der Waals surface area (Å²) in [6, 6.07) is 13.4. The van der Waals surface area contributed by atoms with Gasteiger partial charge in [-0.05, 0) is 23.8 Å². The molecule has 0 bridgehead atoms. The highest BCUT2D eigenvalue weighted by molar-refractivity contribution is 5.96. The Bertz CT molecular complexity index is 1040. The maximum Gasteiger partial charge on any atom is 0.337 e. The maximum absolute atomic E-state index is 12.6. The van der Waals surface area contributed by atoms with Crippen molar-refractivity contribution in [2.24, 2.45) is 0 Å². The van der Waals surface area contributed by atoms with Gasteiger partial charge in [0.05, 0.1) is 23.7 Å². The summed E-state index contributed by atoms with van der Waals surface area (Å²) in [5, 5.41) is 10.8. The summed E-state index contributed by atoms with van der Waals surface area (Å²) >= 11 is 0. The van der Waals surface area contributed by atoms with E-state index in [0.717, 1.165) is 10.1 Å². The number of amides is 1. The van der Waals surface area contributed by atoms with Gasteiger partial charge in [0.15, 0.2) is 11.3 Å². The van der Waals surface area contributed by atoms with E-state index in [2.05, 4.69) is 15.0 Å². The molecule has 1 amide bonds. The second-order valence-electron chi connectivity index (χ2n) is 5.52. The van der Waals surface area contributed by atoms with E-state index in [1.54, 1.807) is 0 Å². The summed E-state index contributed by atoms with van der Waals surface area (Å²) in [4.78, 5) is 28.4. The number of benzene rings is 2. The molecule has 1 heterocycles. The molecule has 0 atom stereocenters. The van der Waals surface area contributed by atoms with Gasteiger partial charge < -0.3 is 15.8 Å². The monoisotopic (exact) mass is 351 g/mol. The van der Waals surface area contributed by atoms with Gasteiger partial charge in [-0.1, -0.05) is 30.3 Å². The Kier molecular flexibility index (Phi) is 4.66. The summed E-state index contributed by atoms with van der Waals surface area (Å²) < 4.78 is 5.81. The summed E-state index contributed by atoms with van der Waals surface area (Å²) in [6.45, 7) is 0.302. The van der Waals surface area contributed by atoms with E-state index in [1.165, 1.54) is 25.3 Å². The molecule has 8 heteroatoms. The molecule has 0 saturated heterocycles. The van der Waals surface area contributed by atoms with Crippen molar-refractivity contribution in [3.05, 3.63) is 65.1 Å². The van der Waals surface area contributed by atoms with E-state index in [4.69, 9.17) is 11.1 Å². The normalized spacial score (nSPS) is 10.5. The van der Waals surface area contributed by atoms with Crippen LogP contribution < -0.4 is 16.5 Å². The molecule has 132 valence electrons. The quantitative estimate of drug-likeness (QED) is 0.619. The number of fused-ring (bicyclic) bond motifs is 1. The zero-order chi connectivity index (χ0) is 18.7. The van der Waals surface area contributed by atoms with Crippen LogP contribution in [0.4, 0.5) is 10.6 Å². The molecule has 3 aromatic rings. The number of ether oxygens (including phenoxy) is 1. The van der Waals surface area contributed by atoms with Crippen molar-refractivity contribution >= 4 is 28.9 Å². The number of esters is 1. The molecule has 1 aromatic heterocycles. The number of aromatic nitrogens is 2.